The minimum atomic E-state index is 0.457. The molecule has 2 rings (SSSR count). The first-order valence-corrected chi connectivity index (χ1v) is 7.35. The number of fused-ring (bicyclic) bond motifs is 1. The topological polar surface area (TPSA) is 34.0 Å². The van der Waals surface area contributed by atoms with Gasteiger partial charge >= 0.3 is 0 Å². The number of pyridine rings is 1. The average molecular weight is 281 g/mol. The van der Waals surface area contributed by atoms with Gasteiger partial charge in [-0.15, -0.1) is 11.6 Å². The molecule has 0 saturated heterocycles. The van der Waals surface area contributed by atoms with Crippen molar-refractivity contribution >= 4 is 28.5 Å². The molecule has 0 aliphatic heterocycles. The van der Waals surface area contributed by atoms with Crippen LogP contribution < -0.4 is 4.90 Å². The zero-order valence-electron chi connectivity index (χ0n) is 11.8. The van der Waals surface area contributed by atoms with Crippen LogP contribution in [0.1, 0.15) is 26.7 Å². The second-order valence-electron chi connectivity index (χ2n) is 4.71. The summed E-state index contributed by atoms with van der Waals surface area (Å²) in [5.74, 6) is 1.55. The Hall–Kier alpha value is -1.29. The zero-order chi connectivity index (χ0) is 13.8. The summed E-state index contributed by atoms with van der Waals surface area (Å²) in [6.07, 6.45) is 5.85. The Balaban J connectivity index is 2.49. The highest BCUT2D eigenvalue weighted by Gasteiger charge is 2.20. The van der Waals surface area contributed by atoms with Gasteiger partial charge in [0, 0.05) is 31.7 Å². The predicted octanol–water partition coefficient (Wildman–Crippen LogP) is 3.20. The Morgan fingerprint density at radius 1 is 1.32 bits per heavy atom. The van der Waals surface area contributed by atoms with Crippen LogP contribution in [0.25, 0.3) is 11.0 Å². The summed E-state index contributed by atoms with van der Waals surface area (Å²) in [6, 6.07) is 2.45. The predicted molar refractivity (Wildman–Crippen MR) is 80.9 cm³/mol. The first-order chi connectivity index (χ1) is 9.22. The normalized spacial score (nSPS) is 11.4. The average Bonchev–Trinajstić information content (AvgIpc) is 2.81. The molecular weight excluding hydrogens is 260 g/mol. The fraction of sp³-hybridized carbons (Fsp3) is 0.571. The molecule has 0 fully saturated rings. The molecule has 104 valence electrons. The summed E-state index contributed by atoms with van der Waals surface area (Å²) in [5, 5.41) is 0. The number of hydrogen-bond donors (Lipinski definition) is 0. The smallest absolute Gasteiger partial charge is 0.157 e. The number of imidazole rings is 1. The molecule has 0 aromatic carbocycles. The van der Waals surface area contributed by atoms with Crippen molar-refractivity contribution in [2.45, 2.75) is 32.7 Å². The first-order valence-electron chi connectivity index (χ1n) is 6.81. The van der Waals surface area contributed by atoms with Gasteiger partial charge in [-0.2, -0.15) is 0 Å². The number of aryl methyl sites for hydroxylation is 1. The van der Waals surface area contributed by atoms with Gasteiger partial charge in [0.05, 0.1) is 11.8 Å². The third-order valence-electron chi connectivity index (χ3n) is 3.60. The summed E-state index contributed by atoms with van der Waals surface area (Å²) >= 11 is 5.97. The van der Waals surface area contributed by atoms with Crippen molar-refractivity contribution in [2.75, 3.05) is 17.3 Å². The van der Waals surface area contributed by atoms with Gasteiger partial charge in [0.2, 0.25) is 0 Å². The Bertz CT molecular complexity index is 533. The van der Waals surface area contributed by atoms with Crippen molar-refractivity contribution < 1.29 is 0 Å². The fourth-order valence-electron chi connectivity index (χ4n) is 2.54. The van der Waals surface area contributed by atoms with Gasteiger partial charge in [-0.1, -0.05) is 13.8 Å². The minimum Gasteiger partial charge on any atom is -0.351 e. The summed E-state index contributed by atoms with van der Waals surface area (Å²) in [6.45, 7) is 5.21. The Morgan fingerprint density at radius 3 is 2.68 bits per heavy atom. The first kappa shape index (κ1) is 14.1. The number of hydrogen-bond acceptors (Lipinski definition) is 3. The monoisotopic (exact) mass is 280 g/mol. The van der Waals surface area contributed by atoms with E-state index in [1.165, 1.54) is 0 Å². The van der Waals surface area contributed by atoms with E-state index in [1.807, 2.05) is 30.2 Å². The van der Waals surface area contributed by atoms with Gasteiger partial charge in [0.25, 0.3) is 0 Å². The van der Waals surface area contributed by atoms with Crippen molar-refractivity contribution in [1.29, 1.82) is 0 Å². The highest BCUT2D eigenvalue weighted by Crippen LogP contribution is 2.25. The van der Waals surface area contributed by atoms with Crippen molar-refractivity contribution in [3.63, 3.8) is 0 Å². The van der Waals surface area contributed by atoms with E-state index in [0.717, 1.165) is 36.2 Å². The number of anilines is 1. The van der Waals surface area contributed by atoms with Gasteiger partial charge in [0.1, 0.15) is 5.52 Å². The van der Waals surface area contributed by atoms with Gasteiger partial charge in [-0.25, -0.2) is 9.97 Å². The Kier molecular flexibility index (Phi) is 4.64. The van der Waals surface area contributed by atoms with Crippen molar-refractivity contribution in [3.05, 3.63) is 18.6 Å². The van der Waals surface area contributed by atoms with E-state index in [-0.39, 0.29) is 0 Å². The number of alkyl halides is 1. The van der Waals surface area contributed by atoms with Crippen molar-refractivity contribution in [3.8, 4) is 0 Å². The lowest BCUT2D eigenvalue weighted by Gasteiger charge is -2.31. The summed E-state index contributed by atoms with van der Waals surface area (Å²) in [4.78, 5) is 11.3. The fourth-order valence-corrected chi connectivity index (χ4v) is 2.72. The molecule has 5 heteroatoms. The molecule has 2 aromatic heterocycles. The molecule has 0 atom stereocenters. The third-order valence-corrected chi connectivity index (χ3v) is 3.77. The lowest BCUT2D eigenvalue weighted by molar-refractivity contribution is 0.564. The van der Waals surface area contributed by atoms with Crippen LogP contribution in [0, 0.1) is 0 Å². The molecule has 0 spiro atoms. The molecule has 4 nitrogen and oxygen atoms in total. The van der Waals surface area contributed by atoms with E-state index in [4.69, 9.17) is 11.6 Å². The number of aromatic nitrogens is 3. The SMILES string of the molecule is CCC(CC)N(CCCl)c1nccc2c1ncn2C. The maximum absolute atomic E-state index is 5.97. The quantitative estimate of drug-likeness (QED) is 0.762. The third kappa shape index (κ3) is 2.68. The van der Waals surface area contributed by atoms with E-state index < -0.39 is 0 Å². The second kappa shape index (κ2) is 6.24. The Labute approximate surface area is 119 Å². The van der Waals surface area contributed by atoms with Crippen LogP contribution in [0.3, 0.4) is 0 Å². The van der Waals surface area contributed by atoms with E-state index in [1.54, 1.807) is 0 Å². The Morgan fingerprint density at radius 2 is 2.05 bits per heavy atom. The highest BCUT2D eigenvalue weighted by molar-refractivity contribution is 6.18. The molecule has 0 amide bonds. The van der Waals surface area contributed by atoms with Crippen LogP contribution in [0.15, 0.2) is 18.6 Å². The largest absolute Gasteiger partial charge is 0.351 e. The summed E-state index contributed by atoms with van der Waals surface area (Å²) in [7, 11) is 2.00. The molecule has 0 bridgehead atoms. The van der Waals surface area contributed by atoms with Gasteiger partial charge in [0.15, 0.2) is 5.82 Å². The van der Waals surface area contributed by atoms with Gasteiger partial charge < -0.3 is 9.47 Å². The molecule has 0 N–H and O–H groups in total. The molecule has 0 aliphatic carbocycles. The zero-order valence-corrected chi connectivity index (χ0v) is 12.6. The van der Waals surface area contributed by atoms with Crippen LogP contribution in [0.4, 0.5) is 5.82 Å². The van der Waals surface area contributed by atoms with Crippen molar-refractivity contribution in [1.82, 2.24) is 14.5 Å². The molecule has 0 aliphatic rings. The standard InChI is InChI=1S/C14H21ClN4/c1-4-11(5-2)19(9-7-15)14-13-12(6-8-16-14)18(3)10-17-13/h6,8,10-11H,4-5,7,9H2,1-3H3. The van der Waals surface area contributed by atoms with E-state index in [2.05, 4.69) is 28.7 Å². The molecule has 2 heterocycles. The maximum Gasteiger partial charge on any atom is 0.157 e. The van der Waals surface area contributed by atoms with Crippen LogP contribution in [0.5, 0.6) is 0 Å². The lowest BCUT2D eigenvalue weighted by Crippen LogP contribution is -2.36. The van der Waals surface area contributed by atoms with Crippen LogP contribution in [-0.2, 0) is 7.05 Å². The number of halogens is 1. The molecule has 19 heavy (non-hydrogen) atoms. The maximum atomic E-state index is 5.97. The van der Waals surface area contributed by atoms with Crippen LogP contribution >= 0.6 is 11.6 Å². The second-order valence-corrected chi connectivity index (χ2v) is 5.09. The van der Waals surface area contributed by atoms with Crippen molar-refractivity contribution in [2.24, 2.45) is 7.05 Å². The van der Waals surface area contributed by atoms with Crippen LogP contribution in [-0.4, -0.2) is 33.0 Å². The minimum absolute atomic E-state index is 0.457. The van der Waals surface area contributed by atoms with E-state index >= 15 is 0 Å². The lowest BCUT2D eigenvalue weighted by atomic mass is 10.1. The molecule has 0 unspecified atom stereocenters. The summed E-state index contributed by atoms with van der Waals surface area (Å²) in [5.41, 5.74) is 2.07. The van der Waals surface area contributed by atoms with Crippen LogP contribution in [0.2, 0.25) is 0 Å². The molecule has 0 saturated carbocycles. The van der Waals surface area contributed by atoms with E-state index in [0.29, 0.717) is 11.9 Å². The molecule has 2 aromatic rings. The highest BCUT2D eigenvalue weighted by atomic mass is 35.5. The number of nitrogens with zero attached hydrogens (tertiary/aromatic N) is 4. The number of rotatable bonds is 6. The molecular formula is C14H21ClN4. The van der Waals surface area contributed by atoms with Gasteiger partial charge in [-0.3, -0.25) is 0 Å². The van der Waals surface area contributed by atoms with Gasteiger partial charge in [-0.05, 0) is 18.9 Å². The molecule has 0 radical (unpaired) electrons. The summed E-state index contributed by atoms with van der Waals surface area (Å²) < 4.78 is 2.02. The van der Waals surface area contributed by atoms with E-state index in [9.17, 15) is 0 Å².